The number of amides is 2. The van der Waals surface area contributed by atoms with Crippen molar-refractivity contribution < 1.29 is 14.7 Å². The van der Waals surface area contributed by atoms with E-state index in [0.29, 0.717) is 25.6 Å². The molecule has 0 aromatic carbocycles. The van der Waals surface area contributed by atoms with Gasteiger partial charge in [-0.25, -0.2) is 4.79 Å². The second-order valence-corrected chi connectivity index (χ2v) is 6.22. The van der Waals surface area contributed by atoms with Gasteiger partial charge >= 0.3 is 12.0 Å². The van der Waals surface area contributed by atoms with Crippen LogP contribution in [0.5, 0.6) is 0 Å². The molecule has 0 radical (unpaired) electrons. The van der Waals surface area contributed by atoms with Crippen LogP contribution in [0.2, 0.25) is 0 Å². The van der Waals surface area contributed by atoms with E-state index in [9.17, 15) is 14.7 Å². The Bertz CT molecular complexity index is 366. The lowest BCUT2D eigenvalue weighted by atomic mass is 9.82. The minimum atomic E-state index is -0.798. The maximum atomic E-state index is 12.5. The van der Waals surface area contributed by atoms with Gasteiger partial charge in [-0.2, -0.15) is 0 Å². The predicted octanol–water partition coefficient (Wildman–Crippen LogP) is 2.17. The molecule has 0 bridgehead atoms. The van der Waals surface area contributed by atoms with Crippen LogP contribution in [-0.2, 0) is 4.79 Å². The minimum Gasteiger partial charge on any atom is -0.481 e. The third-order valence-corrected chi connectivity index (χ3v) is 4.66. The standard InChI is InChI=1S/C14H24N2O3/c1-14(12(17)18)8-5-9-16(10-14)13(19)15(2)11-6-3-4-7-11/h11H,3-10H2,1-2H3,(H,17,18). The number of hydrogen-bond acceptors (Lipinski definition) is 2. The van der Waals surface area contributed by atoms with Crippen LogP contribution in [0.1, 0.15) is 45.4 Å². The van der Waals surface area contributed by atoms with Crippen LogP contribution in [0.25, 0.3) is 0 Å². The van der Waals surface area contributed by atoms with Gasteiger partial charge in [0.2, 0.25) is 0 Å². The maximum Gasteiger partial charge on any atom is 0.320 e. The van der Waals surface area contributed by atoms with Crippen molar-refractivity contribution in [3.63, 3.8) is 0 Å². The first-order valence-electron chi connectivity index (χ1n) is 7.19. The van der Waals surface area contributed by atoms with Gasteiger partial charge in [-0.05, 0) is 32.6 Å². The molecule has 19 heavy (non-hydrogen) atoms. The molecule has 108 valence electrons. The molecule has 5 heteroatoms. The lowest BCUT2D eigenvalue weighted by Crippen LogP contribution is -2.53. The Labute approximate surface area is 114 Å². The molecule has 1 aliphatic heterocycles. The molecule has 1 saturated carbocycles. The summed E-state index contributed by atoms with van der Waals surface area (Å²) in [6, 6.07) is 0.338. The smallest absolute Gasteiger partial charge is 0.320 e. The molecule has 1 atom stereocenters. The lowest BCUT2D eigenvalue weighted by Gasteiger charge is -2.40. The molecule has 0 spiro atoms. The van der Waals surface area contributed by atoms with E-state index >= 15 is 0 Å². The quantitative estimate of drug-likeness (QED) is 0.835. The summed E-state index contributed by atoms with van der Waals surface area (Å²) in [5.41, 5.74) is -0.787. The summed E-state index contributed by atoms with van der Waals surface area (Å²) in [6.07, 6.45) is 5.95. The van der Waals surface area contributed by atoms with Crippen molar-refractivity contribution in [2.75, 3.05) is 20.1 Å². The molecule has 2 rings (SSSR count). The van der Waals surface area contributed by atoms with Gasteiger partial charge in [0.05, 0.1) is 5.41 Å². The molecule has 2 aliphatic rings. The molecular weight excluding hydrogens is 244 g/mol. The van der Waals surface area contributed by atoms with Gasteiger partial charge in [0, 0.05) is 26.2 Å². The summed E-state index contributed by atoms with van der Waals surface area (Å²) in [6.45, 7) is 2.75. The van der Waals surface area contributed by atoms with Crippen molar-refractivity contribution in [2.45, 2.75) is 51.5 Å². The number of carbonyl (C=O) groups is 2. The molecule has 1 unspecified atom stereocenters. The number of carboxylic acids is 1. The average molecular weight is 268 g/mol. The lowest BCUT2D eigenvalue weighted by molar-refractivity contribution is -0.150. The van der Waals surface area contributed by atoms with Crippen molar-refractivity contribution in [1.29, 1.82) is 0 Å². The third-order valence-electron chi connectivity index (χ3n) is 4.66. The largest absolute Gasteiger partial charge is 0.481 e. The number of likely N-dealkylation sites (tertiary alicyclic amines) is 1. The molecule has 1 aliphatic carbocycles. The fraction of sp³-hybridized carbons (Fsp3) is 0.857. The number of aliphatic carboxylic acids is 1. The highest BCUT2D eigenvalue weighted by Gasteiger charge is 2.40. The summed E-state index contributed by atoms with van der Waals surface area (Å²) in [7, 11) is 1.85. The Morgan fingerprint density at radius 2 is 1.89 bits per heavy atom. The Kier molecular flexibility index (Phi) is 4.02. The number of rotatable bonds is 2. The predicted molar refractivity (Wildman–Crippen MR) is 72.0 cm³/mol. The van der Waals surface area contributed by atoms with E-state index in [-0.39, 0.29) is 6.03 Å². The number of carboxylic acid groups (broad SMARTS) is 1. The maximum absolute atomic E-state index is 12.5. The van der Waals surface area contributed by atoms with E-state index in [1.54, 1.807) is 11.8 Å². The zero-order valence-electron chi connectivity index (χ0n) is 11.9. The Balaban J connectivity index is 2.00. The summed E-state index contributed by atoms with van der Waals surface area (Å²) in [4.78, 5) is 27.3. The van der Waals surface area contributed by atoms with Crippen molar-refractivity contribution in [3.05, 3.63) is 0 Å². The number of urea groups is 1. The van der Waals surface area contributed by atoms with Gasteiger partial charge in [0.15, 0.2) is 0 Å². The van der Waals surface area contributed by atoms with Crippen LogP contribution in [0.4, 0.5) is 4.79 Å². The van der Waals surface area contributed by atoms with E-state index in [2.05, 4.69) is 0 Å². The average Bonchev–Trinajstić information content (AvgIpc) is 2.90. The summed E-state index contributed by atoms with van der Waals surface area (Å²) in [5, 5.41) is 9.30. The van der Waals surface area contributed by atoms with Gasteiger partial charge in [-0.1, -0.05) is 12.8 Å². The highest BCUT2D eigenvalue weighted by Crippen LogP contribution is 2.31. The highest BCUT2D eigenvalue weighted by atomic mass is 16.4. The van der Waals surface area contributed by atoms with Crippen molar-refractivity contribution in [1.82, 2.24) is 9.80 Å². The number of hydrogen-bond donors (Lipinski definition) is 1. The van der Waals surface area contributed by atoms with Crippen LogP contribution in [0.3, 0.4) is 0 Å². The monoisotopic (exact) mass is 268 g/mol. The van der Waals surface area contributed by atoms with Crippen LogP contribution in [0.15, 0.2) is 0 Å². The van der Waals surface area contributed by atoms with Gasteiger partial charge in [0.1, 0.15) is 0 Å². The molecule has 2 amide bonds. The van der Waals surface area contributed by atoms with Crippen LogP contribution < -0.4 is 0 Å². The molecule has 5 nitrogen and oxygen atoms in total. The van der Waals surface area contributed by atoms with Crippen molar-refractivity contribution in [2.24, 2.45) is 5.41 Å². The van der Waals surface area contributed by atoms with Gasteiger partial charge in [0.25, 0.3) is 0 Å². The fourth-order valence-corrected chi connectivity index (χ4v) is 3.25. The van der Waals surface area contributed by atoms with E-state index in [1.165, 1.54) is 12.8 Å². The van der Waals surface area contributed by atoms with E-state index < -0.39 is 11.4 Å². The topological polar surface area (TPSA) is 60.9 Å². The SMILES string of the molecule is CN(C(=O)N1CCCC(C)(C(=O)O)C1)C1CCCC1. The Morgan fingerprint density at radius 3 is 2.47 bits per heavy atom. The van der Waals surface area contributed by atoms with Gasteiger partial charge < -0.3 is 14.9 Å². The van der Waals surface area contributed by atoms with E-state index in [0.717, 1.165) is 19.3 Å². The van der Waals surface area contributed by atoms with Crippen molar-refractivity contribution >= 4 is 12.0 Å². The normalized spacial score (nSPS) is 28.4. The van der Waals surface area contributed by atoms with Crippen molar-refractivity contribution in [3.8, 4) is 0 Å². The molecule has 0 aromatic heterocycles. The summed E-state index contributed by atoms with van der Waals surface area (Å²) in [5.74, 6) is -0.798. The zero-order chi connectivity index (χ0) is 14.0. The van der Waals surface area contributed by atoms with Crippen LogP contribution in [0, 0.1) is 5.41 Å². The van der Waals surface area contributed by atoms with Crippen LogP contribution in [-0.4, -0.2) is 53.1 Å². The minimum absolute atomic E-state index is 0.000856. The third kappa shape index (κ3) is 2.85. The second kappa shape index (κ2) is 5.39. The first-order valence-corrected chi connectivity index (χ1v) is 7.19. The molecule has 1 heterocycles. The molecule has 2 fully saturated rings. The summed E-state index contributed by atoms with van der Waals surface area (Å²) < 4.78 is 0. The summed E-state index contributed by atoms with van der Waals surface area (Å²) >= 11 is 0. The Hall–Kier alpha value is -1.26. The first kappa shape index (κ1) is 14.2. The fourth-order valence-electron chi connectivity index (χ4n) is 3.25. The highest BCUT2D eigenvalue weighted by molar-refractivity contribution is 5.78. The van der Waals surface area contributed by atoms with E-state index in [1.807, 2.05) is 11.9 Å². The number of piperidine rings is 1. The number of carbonyl (C=O) groups excluding carboxylic acids is 1. The van der Waals surface area contributed by atoms with Crippen LogP contribution >= 0.6 is 0 Å². The second-order valence-electron chi connectivity index (χ2n) is 6.22. The molecule has 1 saturated heterocycles. The van der Waals surface area contributed by atoms with Gasteiger partial charge in [-0.15, -0.1) is 0 Å². The molecule has 0 aromatic rings. The number of nitrogens with zero attached hydrogens (tertiary/aromatic N) is 2. The van der Waals surface area contributed by atoms with Gasteiger partial charge in [-0.3, -0.25) is 4.79 Å². The molecular formula is C14H24N2O3. The zero-order valence-corrected chi connectivity index (χ0v) is 11.9. The first-order chi connectivity index (χ1) is 8.94. The Morgan fingerprint density at radius 1 is 1.26 bits per heavy atom. The molecule has 1 N–H and O–H groups in total. The van der Waals surface area contributed by atoms with E-state index in [4.69, 9.17) is 0 Å².